The maximum Gasteiger partial charge on any atom is 0.317 e. The van der Waals surface area contributed by atoms with Crippen molar-refractivity contribution in [1.82, 2.24) is 0 Å². The van der Waals surface area contributed by atoms with E-state index >= 15 is 0 Å². The molecule has 0 aliphatic heterocycles. The average molecular weight is 448 g/mol. The number of carbonyl (C=O) groups is 2. The van der Waals surface area contributed by atoms with Crippen molar-refractivity contribution in [1.29, 1.82) is 5.26 Å². The van der Waals surface area contributed by atoms with Gasteiger partial charge in [-0.15, -0.1) is 0 Å². The zero-order valence-electron chi connectivity index (χ0n) is 20.0. The minimum atomic E-state index is -1.17. The molecular weight excluding hydrogens is 414 g/mol. The molecule has 33 heavy (non-hydrogen) atoms. The Morgan fingerprint density at radius 1 is 1.12 bits per heavy atom. The lowest BCUT2D eigenvalue weighted by Crippen LogP contribution is -2.44. The van der Waals surface area contributed by atoms with E-state index in [1.807, 2.05) is 57.2 Å². The Labute approximate surface area is 196 Å². The molecule has 2 aromatic carbocycles. The van der Waals surface area contributed by atoms with Crippen LogP contribution in [0.1, 0.15) is 75.6 Å². The summed E-state index contributed by atoms with van der Waals surface area (Å²) in [5.74, 6) is -0.999. The molecule has 0 saturated carbocycles. The quantitative estimate of drug-likeness (QED) is 0.490. The first kappa shape index (κ1) is 24.5. The minimum Gasteiger partial charge on any atom is -0.460 e. The lowest BCUT2D eigenvalue weighted by Gasteiger charge is -2.34. The average Bonchev–Trinajstić information content (AvgIpc) is 3.09. The molecule has 2 atom stereocenters. The van der Waals surface area contributed by atoms with Gasteiger partial charge in [-0.25, -0.2) is 0 Å². The lowest BCUT2D eigenvalue weighted by atomic mass is 9.70. The Kier molecular flexibility index (Phi) is 7.58. The largest absolute Gasteiger partial charge is 0.460 e. The van der Waals surface area contributed by atoms with E-state index < -0.39 is 23.0 Å². The number of hydrogen-bond acceptors (Lipinski definition) is 5. The maximum atomic E-state index is 13.9. The smallest absolute Gasteiger partial charge is 0.317 e. The first-order chi connectivity index (χ1) is 15.7. The van der Waals surface area contributed by atoms with Crippen LogP contribution < -0.4 is 0 Å². The number of nitrogens with zero attached hydrogens (tertiary/aromatic N) is 1. The van der Waals surface area contributed by atoms with Crippen LogP contribution in [0.2, 0.25) is 0 Å². The molecule has 0 spiro atoms. The van der Waals surface area contributed by atoms with Crippen molar-refractivity contribution in [2.75, 3.05) is 0 Å². The van der Waals surface area contributed by atoms with Crippen molar-refractivity contribution >= 4 is 11.9 Å². The first-order valence-corrected chi connectivity index (χ1v) is 11.7. The van der Waals surface area contributed by atoms with Crippen LogP contribution in [0, 0.1) is 17.2 Å². The van der Waals surface area contributed by atoms with E-state index in [-0.39, 0.29) is 18.9 Å². The number of fused-ring (bicyclic) bond motifs is 1. The van der Waals surface area contributed by atoms with Crippen molar-refractivity contribution in [3.63, 3.8) is 0 Å². The number of unbranched alkanes of at least 4 members (excludes halogenated alkanes) is 1. The summed E-state index contributed by atoms with van der Waals surface area (Å²) in [6, 6.07) is 17.2. The third-order valence-corrected chi connectivity index (χ3v) is 6.25. The summed E-state index contributed by atoms with van der Waals surface area (Å²) < 4.78 is 11.5. The maximum absolute atomic E-state index is 13.9. The summed E-state index contributed by atoms with van der Waals surface area (Å²) in [5, 5.41) is 9.70. The third kappa shape index (κ3) is 5.45. The van der Waals surface area contributed by atoms with Gasteiger partial charge in [0.15, 0.2) is 0 Å². The van der Waals surface area contributed by atoms with Gasteiger partial charge < -0.3 is 9.47 Å². The van der Waals surface area contributed by atoms with Crippen molar-refractivity contribution < 1.29 is 19.1 Å². The van der Waals surface area contributed by atoms with Gasteiger partial charge >= 0.3 is 11.9 Å². The normalized spacial score (nSPS) is 19.4. The molecule has 0 aromatic heterocycles. The zero-order chi connectivity index (χ0) is 24.1. The van der Waals surface area contributed by atoms with Crippen LogP contribution in [0.3, 0.4) is 0 Å². The van der Waals surface area contributed by atoms with Crippen LogP contribution in [0.4, 0.5) is 0 Å². The fourth-order valence-electron chi connectivity index (χ4n) is 4.81. The van der Waals surface area contributed by atoms with Gasteiger partial charge in [0.25, 0.3) is 0 Å². The number of rotatable bonds is 8. The van der Waals surface area contributed by atoms with Gasteiger partial charge in [0.05, 0.1) is 18.1 Å². The van der Waals surface area contributed by atoms with Gasteiger partial charge in [-0.3, -0.25) is 9.59 Å². The van der Waals surface area contributed by atoms with Gasteiger partial charge in [0.1, 0.15) is 17.6 Å². The molecule has 0 amide bonds. The highest BCUT2D eigenvalue weighted by Gasteiger charge is 2.55. The zero-order valence-corrected chi connectivity index (χ0v) is 20.0. The highest BCUT2D eigenvalue weighted by molar-refractivity contribution is 5.91. The van der Waals surface area contributed by atoms with E-state index in [9.17, 15) is 14.9 Å². The molecule has 0 heterocycles. The second kappa shape index (κ2) is 10.2. The molecule has 0 N–H and O–H groups in total. The van der Waals surface area contributed by atoms with Crippen LogP contribution in [0.5, 0.6) is 0 Å². The highest BCUT2D eigenvalue weighted by Crippen LogP contribution is 2.50. The van der Waals surface area contributed by atoms with E-state index in [4.69, 9.17) is 9.47 Å². The Morgan fingerprint density at radius 2 is 1.85 bits per heavy atom. The molecular formula is C28H33NO4. The molecule has 0 saturated heterocycles. The Hall–Kier alpha value is -3.13. The highest BCUT2D eigenvalue weighted by atomic mass is 16.6. The Morgan fingerprint density at radius 3 is 2.48 bits per heavy atom. The Bertz CT molecular complexity index is 1030. The summed E-state index contributed by atoms with van der Waals surface area (Å²) >= 11 is 0. The number of ether oxygens (including phenoxy) is 2. The van der Waals surface area contributed by atoms with Crippen LogP contribution in [0.15, 0.2) is 48.5 Å². The summed E-state index contributed by atoms with van der Waals surface area (Å²) in [6.45, 7) is 7.68. The summed E-state index contributed by atoms with van der Waals surface area (Å²) in [4.78, 5) is 27.0. The van der Waals surface area contributed by atoms with Crippen LogP contribution in [0.25, 0.3) is 0 Å². The van der Waals surface area contributed by atoms with E-state index in [1.165, 1.54) is 0 Å². The molecule has 1 aliphatic rings. The topological polar surface area (TPSA) is 76.4 Å². The van der Waals surface area contributed by atoms with E-state index in [2.05, 4.69) is 13.0 Å². The third-order valence-electron chi connectivity index (χ3n) is 6.25. The van der Waals surface area contributed by atoms with E-state index in [0.717, 1.165) is 36.0 Å². The molecule has 3 rings (SSSR count). The van der Waals surface area contributed by atoms with Crippen LogP contribution in [-0.2, 0) is 37.5 Å². The molecule has 1 aliphatic carbocycles. The summed E-state index contributed by atoms with van der Waals surface area (Å²) in [6.07, 6.45) is 3.12. The molecule has 0 bridgehead atoms. The van der Waals surface area contributed by atoms with Crippen molar-refractivity contribution in [2.45, 2.75) is 77.4 Å². The van der Waals surface area contributed by atoms with Crippen molar-refractivity contribution in [3.05, 3.63) is 70.8 Å². The monoisotopic (exact) mass is 447 g/mol. The van der Waals surface area contributed by atoms with E-state index in [0.29, 0.717) is 12.0 Å². The van der Waals surface area contributed by atoms with Gasteiger partial charge in [0, 0.05) is 0 Å². The predicted octanol–water partition coefficient (Wildman–Crippen LogP) is 5.63. The van der Waals surface area contributed by atoms with Crippen LogP contribution in [-0.4, -0.2) is 17.5 Å². The van der Waals surface area contributed by atoms with E-state index in [1.54, 1.807) is 12.1 Å². The predicted molar refractivity (Wildman–Crippen MR) is 126 cm³/mol. The SMILES string of the molecule is CCCC[C@H]1Cc2c(C#N)cccc2[C@@]1(CC(=O)OC(C)(C)C)C(=O)OCc1ccccc1. The molecule has 5 nitrogen and oxygen atoms in total. The second-order valence-electron chi connectivity index (χ2n) is 9.78. The standard InChI is InChI=1S/C28H33NO4/c1-5-6-14-22-16-23-21(18-29)13-10-15-24(23)28(22,17-25(30)33-27(2,3)4)26(31)32-19-20-11-8-7-9-12-20/h7-13,15,22H,5-6,14,16-17,19H2,1-4H3/t22-,28-/m0/s1. The molecule has 5 heteroatoms. The summed E-state index contributed by atoms with van der Waals surface area (Å²) in [7, 11) is 0. The molecule has 0 radical (unpaired) electrons. The molecule has 0 fully saturated rings. The molecule has 2 aromatic rings. The number of benzene rings is 2. The molecule has 0 unspecified atom stereocenters. The fraction of sp³-hybridized carbons (Fsp3) is 0.464. The number of esters is 2. The second-order valence-corrected chi connectivity index (χ2v) is 9.78. The summed E-state index contributed by atoms with van der Waals surface area (Å²) in [5.41, 5.74) is 1.17. The lowest BCUT2D eigenvalue weighted by molar-refractivity contribution is -0.166. The van der Waals surface area contributed by atoms with Crippen molar-refractivity contribution in [2.24, 2.45) is 5.92 Å². The first-order valence-electron chi connectivity index (χ1n) is 11.7. The number of carbonyl (C=O) groups excluding carboxylic acids is 2. The van der Waals surface area contributed by atoms with Crippen LogP contribution >= 0.6 is 0 Å². The fourth-order valence-corrected chi connectivity index (χ4v) is 4.81. The number of hydrogen-bond donors (Lipinski definition) is 0. The molecule has 174 valence electrons. The van der Waals surface area contributed by atoms with Gasteiger partial charge in [-0.05, 0) is 62.3 Å². The minimum absolute atomic E-state index is 0.103. The van der Waals surface area contributed by atoms with Gasteiger partial charge in [-0.1, -0.05) is 62.2 Å². The number of nitriles is 1. The van der Waals surface area contributed by atoms with Crippen molar-refractivity contribution in [3.8, 4) is 6.07 Å². The van der Waals surface area contributed by atoms with Gasteiger partial charge in [-0.2, -0.15) is 5.26 Å². The van der Waals surface area contributed by atoms with Gasteiger partial charge in [0.2, 0.25) is 0 Å². The Balaban J connectivity index is 2.05.